The molecule has 13 heteroatoms. The van der Waals surface area contributed by atoms with Gasteiger partial charge in [0.25, 0.3) is 0 Å². The fourth-order valence-corrected chi connectivity index (χ4v) is 5.60. The van der Waals surface area contributed by atoms with E-state index in [0.717, 1.165) is 64.0 Å². The normalized spacial score (nSPS) is 16.1. The van der Waals surface area contributed by atoms with Crippen molar-refractivity contribution in [2.75, 3.05) is 40.8 Å². The summed E-state index contributed by atoms with van der Waals surface area (Å²) in [5, 5.41) is 9.54. The van der Waals surface area contributed by atoms with Crippen LogP contribution in [0, 0.1) is 0 Å². The first-order valence-corrected chi connectivity index (χ1v) is 18.3. The smallest absolute Gasteiger partial charge is 0.495 e. The maximum atomic E-state index is 9.54. The Morgan fingerprint density at radius 2 is 1.15 bits per heavy atom. The first-order valence-electron chi connectivity index (χ1n) is 18.3. The van der Waals surface area contributed by atoms with Crippen molar-refractivity contribution in [2.24, 2.45) is 0 Å². The van der Waals surface area contributed by atoms with Crippen molar-refractivity contribution in [2.45, 2.75) is 79.3 Å². The van der Waals surface area contributed by atoms with Crippen LogP contribution in [-0.4, -0.2) is 71.3 Å². The summed E-state index contributed by atoms with van der Waals surface area (Å²) in [6.45, 7) is 13.7. The molecule has 1 N–H and O–H groups in total. The second kappa shape index (κ2) is 20.7. The summed E-state index contributed by atoms with van der Waals surface area (Å²) in [4.78, 5) is 0. The van der Waals surface area contributed by atoms with Crippen molar-refractivity contribution in [3.05, 3.63) is 96.1 Å². The third-order valence-corrected chi connectivity index (χ3v) is 9.44. The topological polar surface area (TPSA) is 113 Å². The van der Waals surface area contributed by atoms with Gasteiger partial charge in [0.1, 0.15) is 41.3 Å². The molecule has 0 radical (unpaired) electrons. The van der Waals surface area contributed by atoms with Crippen LogP contribution in [-0.2, 0) is 41.4 Å². The van der Waals surface area contributed by atoms with Crippen LogP contribution in [0.2, 0.25) is 0 Å². The lowest BCUT2D eigenvalue weighted by Gasteiger charge is -2.32. The van der Waals surface area contributed by atoms with Gasteiger partial charge in [0.05, 0.1) is 38.6 Å². The Morgan fingerprint density at radius 1 is 0.655 bits per heavy atom. The quantitative estimate of drug-likeness (QED) is 0.0885. The Kier molecular flexibility index (Phi) is 16.5. The van der Waals surface area contributed by atoms with Gasteiger partial charge < -0.3 is 52.1 Å². The molecular weight excluding hydrogens is 702 g/mol. The molecule has 0 amide bonds. The Hall–Kier alpha value is -4.07. The Labute approximate surface area is 327 Å². The van der Waals surface area contributed by atoms with E-state index in [1.807, 2.05) is 120 Å². The molecule has 0 unspecified atom stereocenters. The maximum Gasteiger partial charge on any atom is 0.495 e. The molecule has 3 aliphatic rings. The molecule has 0 aliphatic carbocycles. The monoisotopic (exact) mass is 758 g/mol. The number of hydrogen-bond acceptors (Lipinski definition) is 11. The summed E-state index contributed by atoms with van der Waals surface area (Å²) in [6, 6.07) is 26.2. The molecule has 0 spiro atoms. The molecule has 296 valence electrons. The summed E-state index contributed by atoms with van der Waals surface area (Å²) >= 11 is 0. The molecular formula is C42H56B2O11. The average molecular weight is 759 g/mol. The second-order valence-corrected chi connectivity index (χ2v) is 13.8. The molecule has 55 heavy (non-hydrogen) atoms. The average Bonchev–Trinajstić information content (AvgIpc) is 3.92. The van der Waals surface area contributed by atoms with Crippen LogP contribution < -0.4 is 29.9 Å². The summed E-state index contributed by atoms with van der Waals surface area (Å²) in [5.74, 6) is 4.46. The standard InChI is InChI=1S/C23H31BO6.C14H13BO4.C4H8O.CH4/c1-7-26-16-27-15-17-14-20(28-19-10-8-18(25-6)9-11-19)12-13-21(17)24-29-22(2,3)23(4,5)30-24;1-17-11-2-4-12(5-3-11)19-13-6-7-14-10(8-13)9-18-15(14)16;1-2-4-5-3-1;/h8-14H,7,15-16H2,1-6H3;2-8,16H,9H2,1H3;1-4H2;1H4. The zero-order chi connectivity index (χ0) is 38.6. The number of ether oxygens (including phenoxy) is 7. The lowest BCUT2D eigenvalue weighted by molar-refractivity contribution is -0.0570. The van der Waals surface area contributed by atoms with Crippen molar-refractivity contribution in [3.8, 4) is 34.5 Å². The third-order valence-electron chi connectivity index (χ3n) is 9.44. The molecule has 3 aliphatic heterocycles. The SMILES string of the molecule is C.C1CCOC1.CCOCOCc1cc(Oc2ccc(OC)cc2)ccc1B1OC(C)(C)C(C)(C)O1.COc1ccc(Oc2ccc3c(c2)COB3O)cc1. The molecule has 7 rings (SSSR count). The number of hydrogen-bond donors (Lipinski definition) is 1. The van der Waals surface area contributed by atoms with E-state index < -0.39 is 25.4 Å². The van der Waals surface area contributed by atoms with Gasteiger partial charge in [-0.25, -0.2) is 0 Å². The van der Waals surface area contributed by atoms with Gasteiger partial charge in [-0.05, 0) is 142 Å². The van der Waals surface area contributed by atoms with E-state index in [-0.39, 0.29) is 14.2 Å². The van der Waals surface area contributed by atoms with E-state index in [2.05, 4.69) is 0 Å². The van der Waals surface area contributed by atoms with Crippen LogP contribution in [0.1, 0.15) is 66.0 Å². The van der Waals surface area contributed by atoms with Crippen molar-refractivity contribution < 1.29 is 52.1 Å². The fraction of sp³-hybridized carbons (Fsp3) is 0.429. The van der Waals surface area contributed by atoms with Crippen molar-refractivity contribution in [1.29, 1.82) is 0 Å². The second-order valence-electron chi connectivity index (χ2n) is 13.8. The van der Waals surface area contributed by atoms with Gasteiger partial charge in [0.2, 0.25) is 0 Å². The Balaban J connectivity index is 0.000000228. The first-order chi connectivity index (χ1) is 26.0. The predicted octanol–water partition coefficient (Wildman–Crippen LogP) is 7.44. The molecule has 0 saturated carbocycles. The minimum atomic E-state index is -0.815. The van der Waals surface area contributed by atoms with Crippen LogP contribution >= 0.6 is 0 Å². The highest BCUT2D eigenvalue weighted by atomic mass is 16.7. The van der Waals surface area contributed by atoms with Gasteiger partial charge in [-0.1, -0.05) is 19.6 Å². The highest BCUT2D eigenvalue weighted by Gasteiger charge is 2.52. The van der Waals surface area contributed by atoms with Crippen molar-refractivity contribution in [1.82, 2.24) is 0 Å². The lowest BCUT2D eigenvalue weighted by Crippen LogP contribution is -2.41. The van der Waals surface area contributed by atoms with Crippen LogP contribution in [0.4, 0.5) is 0 Å². The fourth-order valence-electron chi connectivity index (χ4n) is 5.60. The Bertz CT molecular complexity index is 1720. The summed E-state index contributed by atoms with van der Waals surface area (Å²) < 4.78 is 55.6. The van der Waals surface area contributed by atoms with Crippen LogP contribution in [0.5, 0.6) is 34.5 Å². The highest BCUT2D eigenvalue weighted by molar-refractivity contribution is 6.62. The van der Waals surface area contributed by atoms with E-state index in [0.29, 0.717) is 25.6 Å². The summed E-state index contributed by atoms with van der Waals surface area (Å²) in [5.41, 5.74) is 2.78. The Morgan fingerprint density at radius 3 is 1.64 bits per heavy atom. The summed E-state index contributed by atoms with van der Waals surface area (Å²) in [6.07, 6.45) is 2.56. The van der Waals surface area contributed by atoms with Crippen LogP contribution in [0.3, 0.4) is 0 Å². The van der Waals surface area contributed by atoms with Gasteiger partial charge in [-0.15, -0.1) is 0 Å². The molecule has 4 aromatic carbocycles. The third kappa shape index (κ3) is 12.2. The van der Waals surface area contributed by atoms with Gasteiger partial charge in [-0.2, -0.15) is 0 Å². The molecule has 11 nitrogen and oxygen atoms in total. The summed E-state index contributed by atoms with van der Waals surface area (Å²) in [7, 11) is 1.97. The van der Waals surface area contributed by atoms with Crippen LogP contribution in [0.15, 0.2) is 84.9 Å². The zero-order valence-electron chi connectivity index (χ0n) is 32.4. The van der Waals surface area contributed by atoms with E-state index in [1.165, 1.54) is 12.8 Å². The zero-order valence-corrected chi connectivity index (χ0v) is 32.4. The molecule has 0 bridgehead atoms. The van der Waals surface area contributed by atoms with Crippen molar-refractivity contribution in [3.63, 3.8) is 0 Å². The minimum Gasteiger partial charge on any atom is -0.497 e. The molecule has 0 aromatic heterocycles. The number of fused-ring (bicyclic) bond motifs is 1. The molecule has 4 aromatic rings. The van der Waals surface area contributed by atoms with Gasteiger partial charge in [0.15, 0.2) is 0 Å². The van der Waals surface area contributed by atoms with Crippen LogP contribution in [0.25, 0.3) is 0 Å². The van der Waals surface area contributed by atoms with E-state index in [9.17, 15) is 5.02 Å². The molecule has 0 atom stereocenters. The number of benzene rings is 4. The van der Waals surface area contributed by atoms with Gasteiger partial charge in [-0.3, -0.25) is 0 Å². The van der Waals surface area contributed by atoms with E-state index in [4.69, 9.17) is 47.1 Å². The molecule has 2 saturated heterocycles. The number of rotatable bonds is 12. The lowest BCUT2D eigenvalue weighted by atomic mass is 9.76. The van der Waals surface area contributed by atoms with Gasteiger partial charge in [0, 0.05) is 19.8 Å². The molecule has 2 fully saturated rings. The van der Waals surface area contributed by atoms with Crippen molar-refractivity contribution >= 4 is 25.2 Å². The minimum absolute atomic E-state index is 0. The predicted molar refractivity (Wildman–Crippen MR) is 215 cm³/mol. The first kappa shape index (κ1) is 43.7. The molecule has 3 heterocycles. The van der Waals surface area contributed by atoms with E-state index in [1.54, 1.807) is 14.2 Å². The largest absolute Gasteiger partial charge is 0.497 e. The van der Waals surface area contributed by atoms with E-state index >= 15 is 0 Å². The maximum absolute atomic E-state index is 9.54. The highest BCUT2D eigenvalue weighted by Crippen LogP contribution is 2.37. The van der Waals surface area contributed by atoms with Gasteiger partial charge >= 0.3 is 14.2 Å². The number of methoxy groups -OCH3 is 2.